The second-order valence-corrected chi connectivity index (χ2v) is 6.90. The van der Waals surface area contributed by atoms with Crippen molar-refractivity contribution in [2.24, 2.45) is 0 Å². The molecule has 3 nitrogen and oxygen atoms in total. The van der Waals surface area contributed by atoms with Gasteiger partial charge in [-0.1, -0.05) is 35.9 Å². The van der Waals surface area contributed by atoms with Crippen molar-refractivity contribution in [2.75, 3.05) is 0 Å². The fourth-order valence-electron chi connectivity index (χ4n) is 1.85. The fraction of sp³-hybridized carbons (Fsp3) is 0.214. The molecule has 0 radical (unpaired) electrons. The Labute approximate surface area is 118 Å². The Morgan fingerprint density at radius 2 is 1.89 bits per heavy atom. The largest absolute Gasteiger partial charge is 0.245 e. The number of benzene rings is 1. The molecule has 0 aliphatic carbocycles. The molecule has 0 atom stereocenters. The zero-order valence-corrected chi connectivity index (χ0v) is 12.1. The minimum Gasteiger partial charge on any atom is -0.245 e. The van der Waals surface area contributed by atoms with Gasteiger partial charge in [0, 0.05) is 6.20 Å². The van der Waals surface area contributed by atoms with Crippen molar-refractivity contribution in [1.29, 1.82) is 0 Å². The van der Waals surface area contributed by atoms with Crippen molar-refractivity contribution in [3.8, 4) is 0 Å². The lowest BCUT2D eigenvalue weighted by atomic mass is 10.1. The monoisotopic (exact) mass is 295 g/mol. The Kier molecular flexibility index (Phi) is 4.22. The minimum atomic E-state index is -3.21. The molecule has 1 aromatic carbocycles. The zero-order chi connectivity index (χ0) is 13.9. The van der Waals surface area contributed by atoms with E-state index in [1.165, 1.54) is 6.20 Å². The summed E-state index contributed by atoms with van der Waals surface area (Å²) in [5.41, 5.74) is 2.48. The van der Waals surface area contributed by atoms with Crippen LogP contribution in [0.4, 0.5) is 0 Å². The third-order valence-electron chi connectivity index (χ3n) is 2.81. The van der Waals surface area contributed by atoms with Gasteiger partial charge in [-0.3, -0.25) is 0 Å². The molecule has 2 rings (SSSR count). The third-order valence-corrected chi connectivity index (χ3v) is 4.54. The molecule has 0 bridgehead atoms. The number of aryl methyl sites for hydroxylation is 1. The van der Waals surface area contributed by atoms with Gasteiger partial charge < -0.3 is 0 Å². The first-order chi connectivity index (χ1) is 8.96. The first kappa shape index (κ1) is 14.0. The van der Waals surface area contributed by atoms with Crippen LogP contribution in [0.5, 0.6) is 0 Å². The summed E-state index contributed by atoms with van der Waals surface area (Å²) < 4.78 is 24.3. The van der Waals surface area contributed by atoms with Gasteiger partial charge in [0.05, 0.1) is 11.5 Å². The standard InChI is InChI=1S/C14H14ClNO2S/c1-11-4-2-3-5-13(11)10-19(17,18)9-12-6-7-16-14(15)8-12/h2-8H,9-10H2,1H3. The number of rotatable bonds is 4. The molecule has 0 fully saturated rings. The van der Waals surface area contributed by atoms with E-state index in [1.807, 2.05) is 31.2 Å². The van der Waals surface area contributed by atoms with E-state index in [4.69, 9.17) is 11.6 Å². The average molecular weight is 296 g/mol. The molecule has 0 unspecified atom stereocenters. The summed E-state index contributed by atoms with van der Waals surface area (Å²) in [6, 6.07) is 10.7. The normalized spacial score (nSPS) is 11.5. The molecule has 0 N–H and O–H groups in total. The van der Waals surface area contributed by atoms with E-state index in [0.29, 0.717) is 10.7 Å². The van der Waals surface area contributed by atoms with E-state index >= 15 is 0 Å². The van der Waals surface area contributed by atoms with Gasteiger partial charge in [0.2, 0.25) is 0 Å². The van der Waals surface area contributed by atoms with E-state index in [2.05, 4.69) is 4.98 Å². The first-order valence-corrected chi connectivity index (χ1v) is 8.01. The predicted octanol–water partition coefficient (Wildman–Crippen LogP) is 3.16. The number of nitrogens with zero attached hydrogens (tertiary/aromatic N) is 1. The van der Waals surface area contributed by atoms with Crippen LogP contribution in [0.15, 0.2) is 42.6 Å². The highest BCUT2D eigenvalue weighted by atomic mass is 35.5. The van der Waals surface area contributed by atoms with Crippen LogP contribution in [-0.2, 0) is 21.3 Å². The summed E-state index contributed by atoms with van der Waals surface area (Å²) in [5, 5.41) is 0.309. The van der Waals surface area contributed by atoms with Gasteiger partial charge in [0.1, 0.15) is 5.15 Å². The molecule has 0 saturated carbocycles. The van der Waals surface area contributed by atoms with Crippen LogP contribution in [0.2, 0.25) is 5.15 Å². The van der Waals surface area contributed by atoms with Crippen LogP contribution in [-0.4, -0.2) is 13.4 Å². The molecule has 100 valence electrons. The number of halogens is 1. The lowest BCUT2D eigenvalue weighted by molar-refractivity contribution is 0.594. The van der Waals surface area contributed by atoms with E-state index in [0.717, 1.165) is 11.1 Å². The minimum absolute atomic E-state index is 0.0242. The number of hydrogen-bond donors (Lipinski definition) is 0. The maximum Gasteiger partial charge on any atom is 0.158 e. The summed E-state index contributed by atoms with van der Waals surface area (Å²) in [4.78, 5) is 3.84. The number of pyridine rings is 1. The summed E-state index contributed by atoms with van der Waals surface area (Å²) in [7, 11) is -3.21. The molecule has 0 aliphatic heterocycles. The number of aromatic nitrogens is 1. The Morgan fingerprint density at radius 3 is 2.58 bits per heavy atom. The Morgan fingerprint density at radius 1 is 1.16 bits per heavy atom. The Balaban J connectivity index is 2.18. The topological polar surface area (TPSA) is 47.0 Å². The van der Waals surface area contributed by atoms with Crippen LogP contribution in [0.25, 0.3) is 0 Å². The van der Waals surface area contributed by atoms with Crippen molar-refractivity contribution in [1.82, 2.24) is 4.98 Å². The van der Waals surface area contributed by atoms with Crippen molar-refractivity contribution < 1.29 is 8.42 Å². The van der Waals surface area contributed by atoms with Gasteiger partial charge in [-0.05, 0) is 35.7 Å². The van der Waals surface area contributed by atoms with E-state index in [-0.39, 0.29) is 11.5 Å². The van der Waals surface area contributed by atoms with Gasteiger partial charge >= 0.3 is 0 Å². The Hall–Kier alpha value is -1.39. The summed E-state index contributed by atoms with van der Waals surface area (Å²) in [6.45, 7) is 1.91. The zero-order valence-electron chi connectivity index (χ0n) is 10.5. The second-order valence-electron chi connectivity index (χ2n) is 4.45. The lowest BCUT2D eigenvalue weighted by Crippen LogP contribution is -2.08. The molecule has 1 heterocycles. The van der Waals surface area contributed by atoms with Crippen molar-refractivity contribution >= 4 is 21.4 Å². The van der Waals surface area contributed by atoms with Gasteiger partial charge in [0.15, 0.2) is 9.84 Å². The maximum absolute atomic E-state index is 12.2. The van der Waals surface area contributed by atoms with E-state index in [9.17, 15) is 8.42 Å². The van der Waals surface area contributed by atoms with Crippen molar-refractivity contribution in [3.05, 3.63) is 64.4 Å². The van der Waals surface area contributed by atoms with Crippen molar-refractivity contribution in [3.63, 3.8) is 0 Å². The maximum atomic E-state index is 12.2. The molecule has 0 saturated heterocycles. The van der Waals surface area contributed by atoms with Gasteiger partial charge in [-0.2, -0.15) is 0 Å². The molecule has 19 heavy (non-hydrogen) atoms. The van der Waals surface area contributed by atoms with E-state index < -0.39 is 9.84 Å². The average Bonchev–Trinajstić information content (AvgIpc) is 2.31. The SMILES string of the molecule is Cc1ccccc1CS(=O)(=O)Cc1ccnc(Cl)c1. The van der Waals surface area contributed by atoms with E-state index in [1.54, 1.807) is 12.1 Å². The molecule has 0 spiro atoms. The molecule has 2 aromatic rings. The van der Waals surface area contributed by atoms with Crippen LogP contribution in [0.3, 0.4) is 0 Å². The fourth-order valence-corrected chi connectivity index (χ4v) is 3.63. The van der Waals surface area contributed by atoms with Crippen molar-refractivity contribution in [2.45, 2.75) is 18.4 Å². The van der Waals surface area contributed by atoms with Crippen LogP contribution >= 0.6 is 11.6 Å². The second kappa shape index (κ2) is 5.72. The molecule has 1 aromatic heterocycles. The van der Waals surface area contributed by atoms with Crippen LogP contribution in [0.1, 0.15) is 16.7 Å². The lowest BCUT2D eigenvalue weighted by Gasteiger charge is -2.07. The highest BCUT2D eigenvalue weighted by Crippen LogP contribution is 2.16. The quantitative estimate of drug-likeness (QED) is 0.814. The van der Waals surface area contributed by atoms with Crippen LogP contribution < -0.4 is 0 Å². The molecular formula is C14H14ClNO2S. The number of hydrogen-bond acceptors (Lipinski definition) is 3. The molecule has 0 amide bonds. The van der Waals surface area contributed by atoms with Gasteiger partial charge in [0.25, 0.3) is 0 Å². The Bertz CT molecular complexity index is 683. The highest BCUT2D eigenvalue weighted by Gasteiger charge is 2.14. The smallest absolute Gasteiger partial charge is 0.158 e. The first-order valence-electron chi connectivity index (χ1n) is 5.82. The van der Waals surface area contributed by atoms with Crippen LogP contribution in [0, 0.1) is 6.92 Å². The van der Waals surface area contributed by atoms with Gasteiger partial charge in [-0.25, -0.2) is 13.4 Å². The summed E-state index contributed by atoms with van der Waals surface area (Å²) >= 11 is 5.75. The summed E-state index contributed by atoms with van der Waals surface area (Å²) in [5.74, 6) is 0.0171. The molecule has 5 heteroatoms. The molecule has 0 aliphatic rings. The number of sulfone groups is 1. The third kappa shape index (κ3) is 4.04. The molecular weight excluding hydrogens is 282 g/mol. The van der Waals surface area contributed by atoms with Gasteiger partial charge in [-0.15, -0.1) is 0 Å². The highest BCUT2D eigenvalue weighted by molar-refractivity contribution is 7.89. The summed E-state index contributed by atoms with van der Waals surface area (Å²) in [6.07, 6.45) is 1.51. The predicted molar refractivity (Wildman–Crippen MR) is 76.8 cm³/mol.